The quantitative estimate of drug-likeness (QED) is 0.710. The molecule has 0 fully saturated rings. The fourth-order valence-corrected chi connectivity index (χ4v) is 2.55. The first kappa shape index (κ1) is 17.3. The Morgan fingerprint density at radius 1 is 0.962 bits per heavy atom. The largest absolute Gasteiger partial charge is 0.493 e. The molecule has 2 aromatic carbocycles. The second-order valence-electron chi connectivity index (χ2n) is 5.40. The van der Waals surface area contributed by atoms with Gasteiger partial charge in [0.15, 0.2) is 11.5 Å². The first-order valence-electron chi connectivity index (χ1n) is 7.88. The van der Waals surface area contributed by atoms with E-state index in [1.54, 1.807) is 18.2 Å². The van der Waals surface area contributed by atoms with Crippen molar-refractivity contribution in [3.05, 3.63) is 54.2 Å². The van der Waals surface area contributed by atoms with Gasteiger partial charge in [0.05, 0.1) is 27.0 Å². The maximum atomic E-state index is 12.5. The van der Waals surface area contributed by atoms with Crippen LogP contribution in [0.1, 0.15) is 10.5 Å². The summed E-state index contributed by atoms with van der Waals surface area (Å²) in [5.41, 5.74) is 2.48. The van der Waals surface area contributed by atoms with Crippen molar-refractivity contribution >= 4 is 11.6 Å². The monoisotopic (exact) mass is 353 g/mol. The number of amides is 1. The van der Waals surface area contributed by atoms with Crippen molar-refractivity contribution in [3.8, 4) is 28.5 Å². The number of nitrogens with one attached hydrogen (secondary N) is 2. The average Bonchev–Trinajstić information content (AvgIpc) is 3.18. The highest BCUT2D eigenvalue weighted by atomic mass is 16.5. The number of rotatable bonds is 6. The van der Waals surface area contributed by atoms with Crippen molar-refractivity contribution in [1.29, 1.82) is 0 Å². The van der Waals surface area contributed by atoms with Crippen LogP contribution in [0.3, 0.4) is 0 Å². The summed E-state index contributed by atoms with van der Waals surface area (Å²) >= 11 is 0. The maximum Gasteiger partial charge on any atom is 0.273 e. The number of aromatic nitrogens is 2. The Morgan fingerprint density at radius 2 is 1.62 bits per heavy atom. The van der Waals surface area contributed by atoms with Gasteiger partial charge in [-0.1, -0.05) is 30.3 Å². The molecule has 26 heavy (non-hydrogen) atoms. The van der Waals surface area contributed by atoms with Gasteiger partial charge in [0.25, 0.3) is 5.91 Å². The molecule has 3 rings (SSSR count). The lowest BCUT2D eigenvalue weighted by atomic mass is 10.1. The lowest BCUT2D eigenvalue weighted by Crippen LogP contribution is -2.12. The highest BCUT2D eigenvalue weighted by Gasteiger charge is 2.16. The number of H-pyrrole nitrogens is 1. The number of benzene rings is 2. The summed E-state index contributed by atoms with van der Waals surface area (Å²) in [7, 11) is 4.56. The van der Waals surface area contributed by atoms with Crippen LogP contribution in [0.4, 0.5) is 5.69 Å². The van der Waals surface area contributed by atoms with Crippen LogP contribution >= 0.6 is 0 Å². The Morgan fingerprint density at radius 3 is 2.19 bits per heavy atom. The molecule has 0 atom stereocenters. The van der Waals surface area contributed by atoms with Gasteiger partial charge < -0.3 is 19.5 Å². The van der Waals surface area contributed by atoms with Gasteiger partial charge in [0.1, 0.15) is 5.69 Å². The Hall–Kier alpha value is -3.48. The van der Waals surface area contributed by atoms with E-state index in [2.05, 4.69) is 15.5 Å². The highest BCUT2D eigenvalue weighted by Crippen LogP contribution is 2.40. The fraction of sp³-hybridized carbons (Fsp3) is 0.158. The minimum Gasteiger partial charge on any atom is -0.493 e. The number of carbonyl (C=O) groups is 1. The first-order valence-corrected chi connectivity index (χ1v) is 7.88. The Balaban J connectivity index is 1.83. The number of ether oxygens (including phenoxy) is 3. The third kappa shape index (κ3) is 3.46. The lowest BCUT2D eigenvalue weighted by molar-refractivity contribution is 0.102. The normalized spacial score (nSPS) is 10.3. The summed E-state index contributed by atoms with van der Waals surface area (Å²) in [6.45, 7) is 0. The van der Waals surface area contributed by atoms with Gasteiger partial charge >= 0.3 is 0 Å². The Kier molecular flexibility index (Phi) is 5.07. The molecule has 0 spiro atoms. The van der Waals surface area contributed by atoms with E-state index in [0.29, 0.717) is 34.3 Å². The molecule has 1 aromatic heterocycles. The molecule has 0 aliphatic rings. The van der Waals surface area contributed by atoms with E-state index >= 15 is 0 Å². The van der Waals surface area contributed by atoms with Gasteiger partial charge in [-0.15, -0.1) is 0 Å². The third-order valence-corrected chi connectivity index (χ3v) is 3.81. The van der Waals surface area contributed by atoms with Crippen molar-refractivity contribution < 1.29 is 19.0 Å². The predicted octanol–water partition coefficient (Wildman–Crippen LogP) is 3.35. The van der Waals surface area contributed by atoms with Crippen LogP contribution in [0.2, 0.25) is 0 Å². The second kappa shape index (κ2) is 7.60. The summed E-state index contributed by atoms with van der Waals surface area (Å²) in [5, 5.41) is 9.74. The molecule has 1 amide bonds. The van der Waals surface area contributed by atoms with Gasteiger partial charge in [0.2, 0.25) is 5.75 Å². The number of carbonyl (C=O) groups excluding carboxylic acids is 1. The highest BCUT2D eigenvalue weighted by molar-refractivity contribution is 6.03. The van der Waals surface area contributed by atoms with Crippen LogP contribution in [-0.4, -0.2) is 37.4 Å². The Bertz CT molecular complexity index is 881. The van der Waals surface area contributed by atoms with Crippen molar-refractivity contribution in [1.82, 2.24) is 10.2 Å². The van der Waals surface area contributed by atoms with E-state index < -0.39 is 0 Å². The van der Waals surface area contributed by atoms with Crippen molar-refractivity contribution in [2.45, 2.75) is 0 Å². The molecule has 0 saturated heterocycles. The van der Waals surface area contributed by atoms with Gasteiger partial charge in [-0.3, -0.25) is 9.89 Å². The van der Waals surface area contributed by atoms with Crippen LogP contribution < -0.4 is 19.5 Å². The zero-order chi connectivity index (χ0) is 18.5. The number of anilines is 1. The van der Waals surface area contributed by atoms with Gasteiger partial charge in [0, 0.05) is 23.4 Å². The molecular formula is C19H19N3O4. The number of hydrogen-bond acceptors (Lipinski definition) is 5. The van der Waals surface area contributed by atoms with Gasteiger partial charge in [-0.2, -0.15) is 5.10 Å². The van der Waals surface area contributed by atoms with E-state index in [9.17, 15) is 4.79 Å². The van der Waals surface area contributed by atoms with Crippen LogP contribution in [0.5, 0.6) is 17.2 Å². The van der Waals surface area contributed by atoms with Crippen molar-refractivity contribution in [2.75, 3.05) is 26.6 Å². The molecule has 0 radical (unpaired) electrons. The Labute approximate surface area is 150 Å². The molecule has 0 aliphatic heterocycles. The molecule has 7 heteroatoms. The zero-order valence-corrected chi connectivity index (χ0v) is 14.7. The molecule has 134 valence electrons. The fourth-order valence-electron chi connectivity index (χ4n) is 2.55. The first-order chi connectivity index (χ1) is 12.7. The number of methoxy groups -OCH3 is 3. The van der Waals surface area contributed by atoms with E-state index in [0.717, 1.165) is 5.56 Å². The summed E-state index contributed by atoms with van der Waals surface area (Å²) < 4.78 is 15.9. The second-order valence-corrected chi connectivity index (χ2v) is 5.40. The van der Waals surface area contributed by atoms with E-state index in [1.807, 2.05) is 30.3 Å². The molecule has 0 bridgehead atoms. The number of aromatic amines is 1. The predicted molar refractivity (Wildman–Crippen MR) is 98.1 cm³/mol. The molecule has 0 unspecified atom stereocenters. The molecule has 0 saturated carbocycles. The third-order valence-electron chi connectivity index (χ3n) is 3.81. The van der Waals surface area contributed by atoms with Crippen LogP contribution in [0, 0.1) is 0 Å². The lowest BCUT2D eigenvalue weighted by Gasteiger charge is -2.14. The van der Waals surface area contributed by atoms with Gasteiger partial charge in [-0.25, -0.2) is 0 Å². The molecular weight excluding hydrogens is 334 g/mol. The van der Waals surface area contributed by atoms with Crippen LogP contribution in [0.25, 0.3) is 11.3 Å². The van der Waals surface area contributed by atoms with E-state index in [-0.39, 0.29) is 5.91 Å². The topological polar surface area (TPSA) is 85.5 Å². The number of hydrogen-bond donors (Lipinski definition) is 2. The SMILES string of the molecule is COc1cc(NC(=O)c2cc(-c3ccccc3)n[nH]2)cc(OC)c1OC. The molecule has 2 N–H and O–H groups in total. The van der Waals surface area contributed by atoms with E-state index in [4.69, 9.17) is 14.2 Å². The number of nitrogens with zero attached hydrogens (tertiary/aromatic N) is 1. The van der Waals surface area contributed by atoms with Crippen LogP contribution in [-0.2, 0) is 0 Å². The summed E-state index contributed by atoms with van der Waals surface area (Å²) in [5.74, 6) is 1.04. The average molecular weight is 353 g/mol. The molecule has 1 heterocycles. The summed E-state index contributed by atoms with van der Waals surface area (Å²) in [6.07, 6.45) is 0. The smallest absolute Gasteiger partial charge is 0.273 e. The molecule has 7 nitrogen and oxygen atoms in total. The van der Waals surface area contributed by atoms with Crippen molar-refractivity contribution in [3.63, 3.8) is 0 Å². The minimum absolute atomic E-state index is 0.325. The summed E-state index contributed by atoms with van der Waals surface area (Å²) in [4.78, 5) is 12.5. The molecule has 3 aromatic rings. The van der Waals surface area contributed by atoms with E-state index in [1.165, 1.54) is 21.3 Å². The minimum atomic E-state index is -0.325. The van der Waals surface area contributed by atoms with Gasteiger partial charge in [-0.05, 0) is 6.07 Å². The molecule has 0 aliphatic carbocycles. The van der Waals surface area contributed by atoms with Crippen LogP contribution in [0.15, 0.2) is 48.5 Å². The maximum absolute atomic E-state index is 12.5. The standard InChI is InChI=1S/C19H19N3O4/c1-24-16-9-13(10-17(25-2)18(16)26-3)20-19(23)15-11-14(21-22-15)12-7-5-4-6-8-12/h4-11H,1-3H3,(H,20,23)(H,21,22). The van der Waals surface area contributed by atoms with Crippen molar-refractivity contribution in [2.24, 2.45) is 0 Å². The zero-order valence-electron chi connectivity index (χ0n) is 14.7. The summed E-state index contributed by atoms with van der Waals surface area (Å²) in [6, 6.07) is 14.6.